The van der Waals surface area contributed by atoms with E-state index in [0.29, 0.717) is 12.0 Å². The molecule has 0 spiro atoms. The van der Waals surface area contributed by atoms with Crippen molar-refractivity contribution in [1.82, 2.24) is 5.32 Å². The Bertz CT molecular complexity index is 362. The summed E-state index contributed by atoms with van der Waals surface area (Å²) >= 11 is 0. The molecule has 0 amide bonds. The Hall–Kier alpha value is -1.06. The van der Waals surface area contributed by atoms with E-state index in [9.17, 15) is 0 Å². The highest BCUT2D eigenvalue weighted by molar-refractivity contribution is 5.27. The first-order valence-corrected chi connectivity index (χ1v) is 8.09. The number of ether oxygens (including phenoxy) is 2. The fourth-order valence-corrected chi connectivity index (χ4v) is 2.27. The number of methoxy groups -OCH3 is 1. The zero-order chi connectivity index (χ0) is 15.5. The smallest absolute Gasteiger partial charge is 0.118 e. The fourth-order valence-electron chi connectivity index (χ4n) is 2.27. The second kappa shape index (κ2) is 10.6. The van der Waals surface area contributed by atoms with Crippen LogP contribution in [0.4, 0.5) is 0 Å². The molecule has 1 aromatic carbocycles. The summed E-state index contributed by atoms with van der Waals surface area (Å²) in [5.74, 6) is 1.53. The lowest BCUT2D eigenvalue weighted by atomic mass is 9.96. The van der Waals surface area contributed by atoms with Gasteiger partial charge in [0, 0.05) is 19.3 Å². The number of rotatable bonds is 11. The average molecular weight is 293 g/mol. The third-order valence-electron chi connectivity index (χ3n) is 3.52. The SMILES string of the molecule is CCCOCCC(CNC(C)C)Cc1ccc(OC)cc1. The lowest BCUT2D eigenvalue weighted by Crippen LogP contribution is -2.30. The molecule has 21 heavy (non-hydrogen) atoms. The van der Waals surface area contributed by atoms with Gasteiger partial charge in [0.05, 0.1) is 7.11 Å². The van der Waals surface area contributed by atoms with Gasteiger partial charge in [-0.3, -0.25) is 0 Å². The summed E-state index contributed by atoms with van der Waals surface area (Å²) < 4.78 is 10.9. The molecule has 3 heteroatoms. The van der Waals surface area contributed by atoms with Crippen molar-refractivity contribution < 1.29 is 9.47 Å². The number of hydrogen-bond donors (Lipinski definition) is 1. The summed E-state index contributed by atoms with van der Waals surface area (Å²) in [5, 5.41) is 3.55. The van der Waals surface area contributed by atoms with Gasteiger partial charge in [0.2, 0.25) is 0 Å². The van der Waals surface area contributed by atoms with E-state index < -0.39 is 0 Å². The lowest BCUT2D eigenvalue weighted by molar-refractivity contribution is 0.120. The minimum absolute atomic E-state index is 0.528. The fraction of sp³-hybridized carbons (Fsp3) is 0.667. The molecule has 0 aliphatic rings. The molecule has 0 aliphatic heterocycles. The van der Waals surface area contributed by atoms with Gasteiger partial charge in [0.25, 0.3) is 0 Å². The molecule has 1 aromatic rings. The first-order chi connectivity index (χ1) is 10.2. The largest absolute Gasteiger partial charge is 0.497 e. The predicted molar refractivity (Wildman–Crippen MR) is 89.1 cm³/mol. The Morgan fingerprint density at radius 3 is 2.38 bits per heavy atom. The molecule has 0 saturated carbocycles. The zero-order valence-corrected chi connectivity index (χ0v) is 14.0. The third-order valence-corrected chi connectivity index (χ3v) is 3.52. The summed E-state index contributed by atoms with van der Waals surface area (Å²) in [7, 11) is 1.70. The van der Waals surface area contributed by atoms with Crippen LogP contribution in [0.1, 0.15) is 39.2 Å². The van der Waals surface area contributed by atoms with Crippen LogP contribution in [-0.4, -0.2) is 32.9 Å². The molecule has 0 aliphatic carbocycles. The van der Waals surface area contributed by atoms with Crippen molar-refractivity contribution in [1.29, 1.82) is 0 Å². The first-order valence-electron chi connectivity index (χ1n) is 8.09. The van der Waals surface area contributed by atoms with Crippen LogP contribution in [0.2, 0.25) is 0 Å². The normalized spacial score (nSPS) is 12.6. The van der Waals surface area contributed by atoms with Crippen molar-refractivity contribution in [3.8, 4) is 5.75 Å². The molecule has 1 rings (SSSR count). The standard InChI is InChI=1S/C18H31NO2/c1-5-11-21-12-10-17(14-19-15(2)3)13-16-6-8-18(20-4)9-7-16/h6-9,15,17,19H,5,10-14H2,1-4H3. The zero-order valence-electron chi connectivity index (χ0n) is 14.0. The minimum Gasteiger partial charge on any atom is -0.497 e. The lowest BCUT2D eigenvalue weighted by Gasteiger charge is -2.19. The van der Waals surface area contributed by atoms with Crippen molar-refractivity contribution in [3.63, 3.8) is 0 Å². The summed E-state index contributed by atoms with van der Waals surface area (Å²) in [5.41, 5.74) is 1.36. The highest BCUT2D eigenvalue weighted by atomic mass is 16.5. The highest BCUT2D eigenvalue weighted by Gasteiger charge is 2.11. The van der Waals surface area contributed by atoms with Crippen LogP contribution in [0.25, 0.3) is 0 Å². The summed E-state index contributed by atoms with van der Waals surface area (Å²) in [6.07, 6.45) is 3.28. The molecule has 0 bridgehead atoms. The Kier molecular flexibility index (Phi) is 9.11. The molecular formula is C18H31NO2. The average Bonchev–Trinajstić information content (AvgIpc) is 2.49. The number of nitrogens with one attached hydrogen (secondary N) is 1. The highest BCUT2D eigenvalue weighted by Crippen LogP contribution is 2.16. The summed E-state index contributed by atoms with van der Waals surface area (Å²) in [6.45, 7) is 9.30. The van der Waals surface area contributed by atoms with E-state index in [1.165, 1.54) is 5.56 Å². The van der Waals surface area contributed by atoms with Gasteiger partial charge in [0.15, 0.2) is 0 Å². The molecular weight excluding hydrogens is 262 g/mol. The maximum atomic E-state index is 5.65. The van der Waals surface area contributed by atoms with Crippen LogP contribution in [-0.2, 0) is 11.2 Å². The molecule has 1 atom stereocenters. The molecule has 0 heterocycles. The van der Waals surface area contributed by atoms with Crippen LogP contribution in [0.5, 0.6) is 5.75 Å². The van der Waals surface area contributed by atoms with Gasteiger partial charge in [-0.1, -0.05) is 32.9 Å². The van der Waals surface area contributed by atoms with E-state index >= 15 is 0 Å². The van der Waals surface area contributed by atoms with Crippen molar-refractivity contribution in [2.75, 3.05) is 26.9 Å². The van der Waals surface area contributed by atoms with Crippen LogP contribution in [0.3, 0.4) is 0 Å². The molecule has 0 saturated heterocycles. The number of benzene rings is 1. The van der Waals surface area contributed by atoms with E-state index in [0.717, 1.165) is 44.8 Å². The van der Waals surface area contributed by atoms with E-state index in [4.69, 9.17) is 9.47 Å². The van der Waals surface area contributed by atoms with E-state index in [2.05, 4.69) is 38.2 Å². The quantitative estimate of drug-likeness (QED) is 0.632. The van der Waals surface area contributed by atoms with E-state index in [1.807, 2.05) is 12.1 Å². The van der Waals surface area contributed by atoms with Crippen molar-refractivity contribution >= 4 is 0 Å². The first kappa shape index (κ1) is 18.0. The predicted octanol–water partition coefficient (Wildman–Crippen LogP) is 3.67. The van der Waals surface area contributed by atoms with Gasteiger partial charge >= 0.3 is 0 Å². The van der Waals surface area contributed by atoms with Gasteiger partial charge in [-0.15, -0.1) is 0 Å². The van der Waals surface area contributed by atoms with Gasteiger partial charge in [-0.05, 0) is 49.4 Å². The van der Waals surface area contributed by atoms with Crippen molar-refractivity contribution in [2.45, 2.75) is 46.1 Å². The molecule has 120 valence electrons. The molecule has 1 unspecified atom stereocenters. The maximum Gasteiger partial charge on any atom is 0.118 e. The summed E-state index contributed by atoms with van der Waals surface area (Å²) in [4.78, 5) is 0. The Labute approximate surface area is 130 Å². The van der Waals surface area contributed by atoms with Crippen molar-refractivity contribution in [3.05, 3.63) is 29.8 Å². The molecule has 0 aromatic heterocycles. The molecule has 1 N–H and O–H groups in total. The molecule has 0 radical (unpaired) electrons. The summed E-state index contributed by atoms with van der Waals surface area (Å²) in [6, 6.07) is 8.92. The second-order valence-electron chi connectivity index (χ2n) is 5.88. The Balaban J connectivity index is 2.48. The van der Waals surface area contributed by atoms with Gasteiger partial charge in [-0.2, -0.15) is 0 Å². The van der Waals surface area contributed by atoms with Gasteiger partial charge in [-0.25, -0.2) is 0 Å². The number of hydrogen-bond acceptors (Lipinski definition) is 3. The maximum absolute atomic E-state index is 5.65. The topological polar surface area (TPSA) is 30.5 Å². The van der Waals surface area contributed by atoms with Gasteiger partial charge in [0.1, 0.15) is 5.75 Å². The Morgan fingerprint density at radius 2 is 1.81 bits per heavy atom. The third kappa shape index (κ3) is 8.08. The minimum atomic E-state index is 0.528. The monoisotopic (exact) mass is 293 g/mol. The van der Waals surface area contributed by atoms with Gasteiger partial charge < -0.3 is 14.8 Å². The van der Waals surface area contributed by atoms with Crippen LogP contribution in [0.15, 0.2) is 24.3 Å². The van der Waals surface area contributed by atoms with Crippen molar-refractivity contribution in [2.24, 2.45) is 5.92 Å². The molecule has 3 nitrogen and oxygen atoms in total. The van der Waals surface area contributed by atoms with E-state index in [1.54, 1.807) is 7.11 Å². The van der Waals surface area contributed by atoms with Crippen LogP contribution >= 0.6 is 0 Å². The van der Waals surface area contributed by atoms with E-state index in [-0.39, 0.29) is 0 Å². The molecule has 0 fully saturated rings. The van der Waals surface area contributed by atoms with Crippen LogP contribution < -0.4 is 10.1 Å². The second-order valence-corrected chi connectivity index (χ2v) is 5.88. The Morgan fingerprint density at radius 1 is 1.10 bits per heavy atom. The van der Waals surface area contributed by atoms with Crippen LogP contribution in [0, 0.1) is 5.92 Å².